The topological polar surface area (TPSA) is 45.5 Å². The van der Waals surface area contributed by atoms with Gasteiger partial charge in [0.05, 0.1) is 17.2 Å². The number of benzene rings is 1. The fourth-order valence-electron chi connectivity index (χ4n) is 4.47. The number of hydrogen-bond donors (Lipinski definition) is 1. The van der Waals surface area contributed by atoms with E-state index in [1.165, 1.54) is 0 Å². The van der Waals surface area contributed by atoms with Crippen LogP contribution in [0.1, 0.15) is 42.5 Å². The Bertz CT molecular complexity index is 728. The minimum Gasteiger partial charge on any atom is -0.391 e. The van der Waals surface area contributed by atoms with E-state index in [0.29, 0.717) is 13.0 Å². The molecule has 1 N–H and O–H groups in total. The molecule has 0 bridgehead atoms. The first-order chi connectivity index (χ1) is 10.6. The molecule has 4 nitrogen and oxygen atoms in total. The molecule has 2 heterocycles. The summed E-state index contributed by atoms with van der Waals surface area (Å²) in [6.45, 7) is 0.670. The third-order valence-corrected chi connectivity index (χ3v) is 5.63. The molecule has 4 heteroatoms. The first kappa shape index (κ1) is 13.8. The second-order valence-corrected chi connectivity index (χ2v) is 6.74. The largest absolute Gasteiger partial charge is 0.391 e. The molecular formula is C18H22N2O2. The van der Waals surface area contributed by atoms with Gasteiger partial charge in [0.2, 0.25) is 0 Å². The highest BCUT2D eigenvalue weighted by Gasteiger charge is 2.51. The molecule has 1 saturated carbocycles. The molecule has 1 spiro atoms. The zero-order valence-electron chi connectivity index (χ0n) is 13.0. The Morgan fingerprint density at radius 1 is 1.27 bits per heavy atom. The van der Waals surface area contributed by atoms with Gasteiger partial charge in [-0.1, -0.05) is 31.0 Å². The van der Waals surface area contributed by atoms with Crippen molar-refractivity contribution < 1.29 is 9.90 Å². The molecule has 2 fully saturated rings. The fraction of sp³-hybridized carbons (Fsp3) is 0.500. The van der Waals surface area contributed by atoms with Gasteiger partial charge in [0.1, 0.15) is 0 Å². The highest BCUT2D eigenvalue weighted by atomic mass is 16.3. The van der Waals surface area contributed by atoms with Crippen molar-refractivity contribution in [2.24, 2.45) is 7.05 Å². The van der Waals surface area contributed by atoms with Crippen LogP contribution in [-0.2, 0) is 7.05 Å². The summed E-state index contributed by atoms with van der Waals surface area (Å²) in [5.74, 6) is 0.0789. The van der Waals surface area contributed by atoms with Crippen LogP contribution in [0, 0.1) is 0 Å². The van der Waals surface area contributed by atoms with Crippen LogP contribution >= 0.6 is 0 Å². The summed E-state index contributed by atoms with van der Waals surface area (Å²) in [6, 6.07) is 8.02. The first-order valence-corrected chi connectivity index (χ1v) is 8.17. The number of fused-ring (bicyclic) bond motifs is 1. The van der Waals surface area contributed by atoms with E-state index >= 15 is 0 Å². The number of nitrogens with zero attached hydrogens (tertiary/aromatic N) is 2. The van der Waals surface area contributed by atoms with E-state index in [4.69, 9.17) is 0 Å². The Kier molecular flexibility index (Phi) is 3.05. The van der Waals surface area contributed by atoms with Gasteiger partial charge in [-0.15, -0.1) is 0 Å². The van der Waals surface area contributed by atoms with Crippen molar-refractivity contribution in [1.82, 2.24) is 9.47 Å². The van der Waals surface area contributed by atoms with Crippen molar-refractivity contribution in [3.8, 4) is 0 Å². The lowest BCUT2D eigenvalue weighted by molar-refractivity contribution is 0.0262. The van der Waals surface area contributed by atoms with Crippen LogP contribution in [0.4, 0.5) is 0 Å². The Balaban J connectivity index is 1.77. The number of aliphatic hydroxyl groups excluding tert-OH is 1. The standard InChI is InChI=1S/C18H22N2O2/c1-19-12-14(13-6-2-3-7-15(13)19)17(22)20-11-8-16(21)18(20)9-4-5-10-18/h2-3,6-7,12,16,21H,4-5,8-11H2,1H3/t16-/m0/s1. The third kappa shape index (κ3) is 1.76. The molecule has 1 amide bonds. The number of likely N-dealkylation sites (tertiary alicyclic amines) is 1. The lowest BCUT2D eigenvalue weighted by Crippen LogP contribution is -2.50. The lowest BCUT2D eigenvalue weighted by Gasteiger charge is -2.37. The molecule has 0 unspecified atom stereocenters. The quantitative estimate of drug-likeness (QED) is 0.880. The molecule has 1 aromatic carbocycles. The number of aryl methyl sites for hydroxylation is 1. The molecule has 0 radical (unpaired) electrons. The summed E-state index contributed by atoms with van der Waals surface area (Å²) in [5, 5.41) is 11.5. The number of carbonyl (C=O) groups is 1. The van der Waals surface area contributed by atoms with Gasteiger partial charge < -0.3 is 14.6 Å². The average Bonchev–Trinajstić information content (AvgIpc) is 3.21. The molecule has 1 atom stereocenters. The van der Waals surface area contributed by atoms with Gasteiger partial charge in [-0.2, -0.15) is 0 Å². The van der Waals surface area contributed by atoms with Gasteiger partial charge in [0.25, 0.3) is 5.91 Å². The second-order valence-electron chi connectivity index (χ2n) is 6.74. The maximum atomic E-state index is 13.2. The highest BCUT2D eigenvalue weighted by Crippen LogP contribution is 2.44. The number of carbonyl (C=O) groups excluding carboxylic acids is 1. The van der Waals surface area contributed by atoms with E-state index in [0.717, 1.165) is 42.1 Å². The zero-order valence-corrected chi connectivity index (χ0v) is 13.0. The molecule has 4 rings (SSSR count). The number of aliphatic hydroxyl groups is 1. The number of hydrogen-bond acceptors (Lipinski definition) is 2. The molecular weight excluding hydrogens is 276 g/mol. The van der Waals surface area contributed by atoms with E-state index in [-0.39, 0.29) is 17.6 Å². The van der Waals surface area contributed by atoms with Crippen LogP contribution in [0.5, 0.6) is 0 Å². The van der Waals surface area contributed by atoms with Crippen molar-refractivity contribution in [3.05, 3.63) is 36.0 Å². The fourth-order valence-corrected chi connectivity index (χ4v) is 4.47. The highest BCUT2D eigenvalue weighted by molar-refractivity contribution is 6.07. The number of para-hydroxylation sites is 1. The molecule has 1 aliphatic carbocycles. The second kappa shape index (κ2) is 4.85. The van der Waals surface area contributed by atoms with Gasteiger partial charge >= 0.3 is 0 Å². The van der Waals surface area contributed by atoms with Crippen molar-refractivity contribution in [2.75, 3.05) is 6.54 Å². The molecule has 2 aromatic rings. The zero-order chi connectivity index (χ0) is 15.3. The van der Waals surface area contributed by atoms with Crippen molar-refractivity contribution in [2.45, 2.75) is 43.7 Å². The lowest BCUT2D eigenvalue weighted by atomic mass is 9.91. The van der Waals surface area contributed by atoms with Crippen LogP contribution in [0.25, 0.3) is 10.9 Å². The van der Waals surface area contributed by atoms with E-state index in [1.54, 1.807) is 0 Å². The summed E-state index contributed by atoms with van der Waals surface area (Å²) < 4.78 is 2.01. The van der Waals surface area contributed by atoms with Gasteiger partial charge in [-0.3, -0.25) is 4.79 Å². The van der Waals surface area contributed by atoms with Crippen LogP contribution in [0.3, 0.4) is 0 Å². The number of rotatable bonds is 1. The summed E-state index contributed by atoms with van der Waals surface area (Å²) >= 11 is 0. The Labute approximate surface area is 130 Å². The maximum absolute atomic E-state index is 13.2. The van der Waals surface area contributed by atoms with Gasteiger partial charge in [0.15, 0.2) is 0 Å². The van der Waals surface area contributed by atoms with Crippen LogP contribution < -0.4 is 0 Å². The van der Waals surface area contributed by atoms with Crippen molar-refractivity contribution in [3.63, 3.8) is 0 Å². The van der Waals surface area contributed by atoms with E-state index in [2.05, 4.69) is 0 Å². The Morgan fingerprint density at radius 3 is 2.77 bits per heavy atom. The minimum absolute atomic E-state index is 0.0789. The molecule has 1 aromatic heterocycles. The van der Waals surface area contributed by atoms with Crippen LogP contribution in [-0.4, -0.2) is 38.7 Å². The van der Waals surface area contributed by atoms with Crippen LogP contribution in [0.2, 0.25) is 0 Å². The molecule has 1 saturated heterocycles. The third-order valence-electron chi connectivity index (χ3n) is 5.63. The van der Waals surface area contributed by atoms with Gasteiger partial charge in [-0.25, -0.2) is 0 Å². The van der Waals surface area contributed by atoms with Crippen molar-refractivity contribution in [1.29, 1.82) is 0 Å². The van der Waals surface area contributed by atoms with Gasteiger partial charge in [0, 0.05) is 30.7 Å². The predicted octanol–water partition coefficient (Wildman–Crippen LogP) is 2.70. The molecule has 2 aliphatic rings. The molecule has 116 valence electrons. The number of amides is 1. The smallest absolute Gasteiger partial charge is 0.256 e. The van der Waals surface area contributed by atoms with E-state index < -0.39 is 0 Å². The predicted molar refractivity (Wildman–Crippen MR) is 85.8 cm³/mol. The summed E-state index contributed by atoms with van der Waals surface area (Å²) in [5.41, 5.74) is 1.53. The van der Waals surface area contributed by atoms with Crippen LogP contribution in [0.15, 0.2) is 30.5 Å². The number of aromatic nitrogens is 1. The summed E-state index contributed by atoms with van der Waals surface area (Å²) in [4.78, 5) is 15.1. The molecule has 22 heavy (non-hydrogen) atoms. The summed E-state index contributed by atoms with van der Waals surface area (Å²) in [6.07, 6.45) is 6.35. The Morgan fingerprint density at radius 2 is 2.00 bits per heavy atom. The van der Waals surface area contributed by atoms with Gasteiger partial charge in [-0.05, 0) is 25.3 Å². The normalized spacial score (nSPS) is 23.7. The molecule has 1 aliphatic heterocycles. The minimum atomic E-state index is -0.367. The summed E-state index contributed by atoms with van der Waals surface area (Å²) in [7, 11) is 1.98. The maximum Gasteiger partial charge on any atom is 0.256 e. The SMILES string of the molecule is Cn1cc(C(=O)N2CC[C@H](O)C23CCCC3)c2ccccc21. The van der Waals surface area contributed by atoms with E-state index in [1.807, 2.05) is 47.0 Å². The van der Waals surface area contributed by atoms with Crippen molar-refractivity contribution >= 4 is 16.8 Å². The average molecular weight is 298 g/mol. The monoisotopic (exact) mass is 298 g/mol. The first-order valence-electron chi connectivity index (χ1n) is 8.17. The van der Waals surface area contributed by atoms with E-state index in [9.17, 15) is 9.90 Å². The Hall–Kier alpha value is -1.81.